The van der Waals surface area contributed by atoms with Crippen molar-refractivity contribution in [3.63, 3.8) is 0 Å². The van der Waals surface area contributed by atoms with E-state index in [0.29, 0.717) is 11.8 Å². The summed E-state index contributed by atoms with van der Waals surface area (Å²) in [6.45, 7) is 5.40. The number of anilines is 1. The van der Waals surface area contributed by atoms with Crippen LogP contribution in [0, 0.1) is 18.3 Å². The number of hydrogen-bond acceptors (Lipinski definition) is 7. The van der Waals surface area contributed by atoms with Crippen molar-refractivity contribution in [2.45, 2.75) is 45.2 Å². The minimum absolute atomic E-state index is 0.207. The molecule has 1 aliphatic heterocycles. The standard InChI is InChI=1S/C24H27N7O2/c1-3-17-5-4-6-18(11-17)20(12-25)29-23(32)21-14-31(15-27-21)22-16(2)13-26-24(30-22)28-19-7-9-33-10-8-19/h4-6,11,13-15,19-20H,3,7-10H2,1-2H3,(H,29,32)(H,26,28,30). The fourth-order valence-corrected chi connectivity index (χ4v) is 3.73. The second kappa shape index (κ2) is 10.2. The summed E-state index contributed by atoms with van der Waals surface area (Å²) in [7, 11) is 0. The largest absolute Gasteiger partial charge is 0.381 e. The Labute approximate surface area is 192 Å². The SMILES string of the molecule is CCc1cccc(C(C#N)NC(=O)c2cn(-c3nc(NC4CCOCC4)ncc3C)cn2)c1. The highest BCUT2D eigenvalue weighted by Crippen LogP contribution is 2.18. The molecule has 9 heteroatoms. The minimum Gasteiger partial charge on any atom is -0.381 e. The Balaban J connectivity index is 1.49. The molecule has 0 bridgehead atoms. The molecule has 0 aliphatic carbocycles. The summed E-state index contributed by atoms with van der Waals surface area (Å²) >= 11 is 0. The number of carbonyl (C=O) groups excluding carboxylic acids is 1. The van der Waals surface area contributed by atoms with E-state index in [1.54, 1.807) is 23.3 Å². The third-order valence-electron chi connectivity index (χ3n) is 5.66. The van der Waals surface area contributed by atoms with Crippen LogP contribution in [0.1, 0.15) is 53.0 Å². The van der Waals surface area contributed by atoms with Crippen LogP contribution in [0.25, 0.3) is 5.82 Å². The Hall–Kier alpha value is -3.77. The summed E-state index contributed by atoms with van der Waals surface area (Å²) in [4.78, 5) is 26.1. The summed E-state index contributed by atoms with van der Waals surface area (Å²) < 4.78 is 7.09. The van der Waals surface area contributed by atoms with Crippen LogP contribution >= 0.6 is 0 Å². The van der Waals surface area contributed by atoms with Crippen LogP contribution in [-0.4, -0.2) is 44.7 Å². The summed E-state index contributed by atoms with van der Waals surface area (Å²) in [6, 6.07) is 9.33. The van der Waals surface area contributed by atoms with Crippen LogP contribution in [0.5, 0.6) is 0 Å². The molecule has 4 rings (SSSR count). The quantitative estimate of drug-likeness (QED) is 0.574. The molecule has 1 atom stereocenters. The first-order valence-corrected chi connectivity index (χ1v) is 11.1. The molecule has 0 spiro atoms. The molecule has 9 nitrogen and oxygen atoms in total. The van der Waals surface area contributed by atoms with E-state index in [1.165, 1.54) is 0 Å². The topological polar surface area (TPSA) is 118 Å². The van der Waals surface area contributed by atoms with Gasteiger partial charge in [0.05, 0.1) is 6.07 Å². The molecular weight excluding hydrogens is 418 g/mol. The van der Waals surface area contributed by atoms with Gasteiger partial charge in [-0.3, -0.25) is 9.36 Å². The van der Waals surface area contributed by atoms with Crippen molar-refractivity contribution in [3.05, 3.63) is 65.4 Å². The van der Waals surface area contributed by atoms with Gasteiger partial charge in [0.2, 0.25) is 5.95 Å². The molecule has 170 valence electrons. The van der Waals surface area contributed by atoms with Gasteiger partial charge in [-0.25, -0.2) is 9.97 Å². The van der Waals surface area contributed by atoms with Gasteiger partial charge in [-0.2, -0.15) is 10.2 Å². The zero-order valence-electron chi connectivity index (χ0n) is 18.8. The van der Waals surface area contributed by atoms with Crippen molar-refractivity contribution < 1.29 is 9.53 Å². The van der Waals surface area contributed by atoms with Gasteiger partial charge in [0, 0.05) is 37.2 Å². The highest BCUT2D eigenvalue weighted by Gasteiger charge is 2.19. The summed E-state index contributed by atoms with van der Waals surface area (Å²) in [5, 5.41) is 15.7. The molecule has 1 aromatic carbocycles. The highest BCUT2D eigenvalue weighted by molar-refractivity contribution is 5.92. The monoisotopic (exact) mass is 445 g/mol. The van der Waals surface area contributed by atoms with E-state index in [9.17, 15) is 10.1 Å². The lowest BCUT2D eigenvalue weighted by atomic mass is 10.0. The smallest absolute Gasteiger partial charge is 0.272 e. The van der Waals surface area contributed by atoms with Crippen molar-refractivity contribution in [2.24, 2.45) is 0 Å². The molecule has 33 heavy (non-hydrogen) atoms. The number of aryl methyl sites for hydroxylation is 2. The highest BCUT2D eigenvalue weighted by atomic mass is 16.5. The molecule has 2 aromatic heterocycles. The van der Waals surface area contributed by atoms with Crippen LogP contribution in [0.3, 0.4) is 0 Å². The van der Waals surface area contributed by atoms with Gasteiger partial charge in [0.15, 0.2) is 0 Å². The van der Waals surface area contributed by atoms with Crippen LogP contribution in [0.15, 0.2) is 43.0 Å². The molecule has 1 unspecified atom stereocenters. The lowest BCUT2D eigenvalue weighted by Gasteiger charge is -2.23. The predicted molar refractivity (Wildman–Crippen MR) is 123 cm³/mol. The average molecular weight is 446 g/mol. The number of ether oxygens (including phenoxy) is 1. The van der Waals surface area contributed by atoms with Crippen LogP contribution in [0.2, 0.25) is 0 Å². The van der Waals surface area contributed by atoms with Gasteiger partial charge in [-0.15, -0.1) is 0 Å². The van der Waals surface area contributed by atoms with Gasteiger partial charge >= 0.3 is 0 Å². The van der Waals surface area contributed by atoms with Crippen molar-refractivity contribution in [2.75, 3.05) is 18.5 Å². The molecular formula is C24H27N7O2. The van der Waals surface area contributed by atoms with Crippen LogP contribution in [-0.2, 0) is 11.2 Å². The van der Waals surface area contributed by atoms with Gasteiger partial charge in [0.25, 0.3) is 5.91 Å². The maximum Gasteiger partial charge on any atom is 0.272 e. The number of nitrogens with one attached hydrogen (secondary N) is 2. The molecule has 0 radical (unpaired) electrons. The van der Waals surface area contributed by atoms with E-state index < -0.39 is 11.9 Å². The average Bonchev–Trinajstić information content (AvgIpc) is 3.34. The summed E-state index contributed by atoms with van der Waals surface area (Å²) in [5.74, 6) is 0.746. The lowest BCUT2D eigenvalue weighted by molar-refractivity contribution is 0.0903. The third kappa shape index (κ3) is 5.35. The Kier molecular flexibility index (Phi) is 6.95. The number of imidazole rings is 1. The first-order chi connectivity index (χ1) is 16.1. The second-order valence-corrected chi connectivity index (χ2v) is 8.03. The van der Waals surface area contributed by atoms with Crippen LogP contribution in [0.4, 0.5) is 5.95 Å². The Morgan fingerprint density at radius 3 is 2.91 bits per heavy atom. The molecule has 1 fully saturated rings. The molecule has 3 heterocycles. The zero-order valence-corrected chi connectivity index (χ0v) is 18.8. The van der Waals surface area contributed by atoms with E-state index >= 15 is 0 Å². The number of nitrogens with zero attached hydrogens (tertiary/aromatic N) is 5. The Morgan fingerprint density at radius 2 is 2.15 bits per heavy atom. The number of hydrogen-bond donors (Lipinski definition) is 2. The van der Waals surface area contributed by atoms with E-state index in [1.807, 2.05) is 38.1 Å². The third-order valence-corrected chi connectivity index (χ3v) is 5.66. The molecule has 1 aliphatic rings. The fraction of sp³-hybridized carbons (Fsp3) is 0.375. The zero-order chi connectivity index (χ0) is 23.2. The van der Waals surface area contributed by atoms with E-state index in [2.05, 4.69) is 31.7 Å². The van der Waals surface area contributed by atoms with Gasteiger partial charge in [-0.05, 0) is 37.3 Å². The van der Waals surface area contributed by atoms with Gasteiger partial charge in [0.1, 0.15) is 23.9 Å². The van der Waals surface area contributed by atoms with Crippen LogP contribution < -0.4 is 10.6 Å². The molecule has 2 N–H and O–H groups in total. The first-order valence-electron chi connectivity index (χ1n) is 11.1. The number of nitriles is 1. The molecule has 1 amide bonds. The van der Waals surface area contributed by atoms with E-state index in [4.69, 9.17) is 4.74 Å². The van der Waals surface area contributed by atoms with Crippen molar-refractivity contribution in [1.82, 2.24) is 24.8 Å². The first kappa shape index (κ1) is 22.4. The number of rotatable bonds is 7. The lowest BCUT2D eigenvalue weighted by Crippen LogP contribution is -2.28. The van der Waals surface area contributed by atoms with E-state index in [0.717, 1.165) is 49.2 Å². The van der Waals surface area contributed by atoms with E-state index in [-0.39, 0.29) is 11.7 Å². The van der Waals surface area contributed by atoms with Gasteiger partial charge < -0.3 is 15.4 Å². The van der Waals surface area contributed by atoms with Crippen molar-refractivity contribution in [1.29, 1.82) is 5.26 Å². The molecule has 0 saturated carbocycles. The Morgan fingerprint density at radius 1 is 1.33 bits per heavy atom. The number of benzene rings is 1. The Bertz CT molecular complexity index is 1160. The summed E-state index contributed by atoms with van der Waals surface area (Å²) in [6.07, 6.45) is 7.57. The predicted octanol–water partition coefficient (Wildman–Crippen LogP) is 3.12. The number of amides is 1. The second-order valence-electron chi connectivity index (χ2n) is 8.03. The van der Waals surface area contributed by atoms with Crippen molar-refractivity contribution in [3.8, 4) is 11.9 Å². The van der Waals surface area contributed by atoms with Crippen molar-refractivity contribution >= 4 is 11.9 Å². The maximum absolute atomic E-state index is 12.8. The normalized spacial score (nSPS) is 14.9. The minimum atomic E-state index is -0.759. The summed E-state index contributed by atoms with van der Waals surface area (Å²) in [5.41, 5.74) is 2.91. The number of aromatic nitrogens is 4. The molecule has 3 aromatic rings. The van der Waals surface area contributed by atoms with Gasteiger partial charge in [-0.1, -0.05) is 31.2 Å². The maximum atomic E-state index is 12.8. The number of carbonyl (C=O) groups is 1. The fourth-order valence-electron chi connectivity index (χ4n) is 3.73. The molecule has 1 saturated heterocycles.